The molecule has 0 atom stereocenters. The van der Waals surface area contributed by atoms with Gasteiger partial charge in [0.05, 0.1) is 4.92 Å². The van der Waals surface area contributed by atoms with E-state index in [1.165, 1.54) is 18.2 Å². The molecular weight excluding hydrogens is 317 g/mol. The van der Waals surface area contributed by atoms with Crippen LogP contribution in [0.15, 0.2) is 18.2 Å². The van der Waals surface area contributed by atoms with Crippen molar-refractivity contribution in [3.8, 4) is 0 Å². The van der Waals surface area contributed by atoms with Gasteiger partial charge in [-0.1, -0.05) is 25.4 Å². The fraction of sp³-hybridized carbons (Fsp3) is 0.462. The molecule has 0 radical (unpaired) electrons. The third-order valence-electron chi connectivity index (χ3n) is 3.41. The number of nitrogens with one attached hydrogen (secondary N) is 1. The number of hydrogen-bond acceptors (Lipinski definition) is 4. The smallest absolute Gasteiger partial charge is 0.282 e. The number of carbonyl (C=O) groups excluding carboxylic acids is 1. The summed E-state index contributed by atoms with van der Waals surface area (Å²) in [5.41, 5.74) is 5.23. The van der Waals surface area contributed by atoms with Gasteiger partial charge in [0, 0.05) is 23.2 Å². The number of hydrogen-bond donors (Lipinski definition) is 2. The molecule has 118 valence electrons. The van der Waals surface area contributed by atoms with Crippen LogP contribution in [0.4, 0.5) is 5.69 Å². The summed E-state index contributed by atoms with van der Waals surface area (Å²) >= 11 is 5.78. The SMILES string of the molecule is CCC(N)(CC)CNC(=O)c1cc(Cl)ccc1[N+](=O)[O-].Cl. The molecule has 0 spiro atoms. The molecule has 0 unspecified atom stereocenters. The molecule has 0 aliphatic rings. The van der Waals surface area contributed by atoms with Crippen molar-refractivity contribution in [1.82, 2.24) is 5.32 Å². The van der Waals surface area contributed by atoms with Crippen LogP contribution in [0.3, 0.4) is 0 Å². The molecule has 3 N–H and O–H groups in total. The molecule has 0 aliphatic carbocycles. The van der Waals surface area contributed by atoms with E-state index in [1.54, 1.807) is 0 Å². The normalized spacial score (nSPS) is 10.7. The number of benzene rings is 1. The fourth-order valence-electron chi connectivity index (χ4n) is 1.70. The Morgan fingerprint density at radius 3 is 2.48 bits per heavy atom. The van der Waals surface area contributed by atoms with Gasteiger partial charge in [0.15, 0.2) is 0 Å². The van der Waals surface area contributed by atoms with Crippen molar-refractivity contribution >= 4 is 35.6 Å². The molecule has 1 aromatic carbocycles. The van der Waals surface area contributed by atoms with E-state index in [-0.39, 0.29) is 35.2 Å². The van der Waals surface area contributed by atoms with Crippen LogP contribution in [0.2, 0.25) is 5.02 Å². The van der Waals surface area contributed by atoms with Gasteiger partial charge in [0.25, 0.3) is 11.6 Å². The number of carbonyl (C=O) groups is 1. The van der Waals surface area contributed by atoms with Gasteiger partial charge in [-0.05, 0) is 25.0 Å². The zero-order valence-corrected chi connectivity index (χ0v) is 13.5. The van der Waals surface area contributed by atoms with Crippen molar-refractivity contribution < 1.29 is 9.72 Å². The number of amides is 1. The van der Waals surface area contributed by atoms with Crippen LogP contribution in [0.1, 0.15) is 37.0 Å². The predicted molar refractivity (Wildman–Crippen MR) is 85.2 cm³/mol. The minimum absolute atomic E-state index is 0. The van der Waals surface area contributed by atoms with Crippen molar-refractivity contribution in [2.45, 2.75) is 32.2 Å². The van der Waals surface area contributed by atoms with Crippen molar-refractivity contribution in [3.05, 3.63) is 38.9 Å². The quantitative estimate of drug-likeness (QED) is 0.616. The molecule has 0 saturated carbocycles. The highest BCUT2D eigenvalue weighted by Gasteiger charge is 2.24. The number of rotatable bonds is 6. The summed E-state index contributed by atoms with van der Waals surface area (Å²) in [6.45, 7) is 4.11. The van der Waals surface area contributed by atoms with Gasteiger partial charge in [-0.15, -0.1) is 12.4 Å². The molecule has 0 saturated heterocycles. The summed E-state index contributed by atoms with van der Waals surface area (Å²) < 4.78 is 0. The molecule has 1 rings (SSSR count). The Labute approximate surface area is 134 Å². The molecule has 1 aromatic rings. The minimum Gasteiger partial charge on any atom is -0.350 e. The van der Waals surface area contributed by atoms with Crippen molar-refractivity contribution in [1.29, 1.82) is 0 Å². The average Bonchev–Trinajstić information content (AvgIpc) is 2.43. The number of nitro groups is 1. The number of nitrogens with zero attached hydrogens (tertiary/aromatic N) is 1. The summed E-state index contributed by atoms with van der Waals surface area (Å²) in [7, 11) is 0. The van der Waals surface area contributed by atoms with Crippen molar-refractivity contribution in [2.24, 2.45) is 5.73 Å². The Balaban J connectivity index is 0.00000400. The predicted octanol–water partition coefficient (Wildman–Crippen LogP) is 2.92. The van der Waals surface area contributed by atoms with Gasteiger partial charge in [0.2, 0.25) is 0 Å². The lowest BCUT2D eigenvalue weighted by molar-refractivity contribution is -0.385. The highest BCUT2D eigenvalue weighted by molar-refractivity contribution is 6.31. The Kier molecular flexibility index (Phi) is 7.63. The van der Waals surface area contributed by atoms with Crippen LogP contribution in [0, 0.1) is 10.1 Å². The number of nitro benzene ring substituents is 1. The van der Waals surface area contributed by atoms with Crippen LogP contribution in [-0.2, 0) is 0 Å². The summed E-state index contributed by atoms with van der Waals surface area (Å²) in [5.74, 6) is -0.545. The van der Waals surface area contributed by atoms with E-state index in [1.807, 2.05) is 13.8 Å². The van der Waals surface area contributed by atoms with Gasteiger partial charge in [-0.25, -0.2) is 0 Å². The summed E-state index contributed by atoms with van der Waals surface area (Å²) in [6.07, 6.45) is 1.39. The maximum atomic E-state index is 12.1. The van der Waals surface area contributed by atoms with E-state index in [4.69, 9.17) is 17.3 Å². The highest BCUT2D eigenvalue weighted by atomic mass is 35.5. The van der Waals surface area contributed by atoms with Gasteiger partial charge >= 0.3 is 0 Å². The highest BCUT2D eigenvalue weighted by Crippen LogP contribution is 2.22. The van der Waals surface area contributed by atoms with Crippen molar-refractivity contribution in [2.75, 3.05) is 6.54 Å². The summed E-state index contributed by atoms with van der Waals surface area (Å²) in [5, 5.41) is 13.8. The first-order valence-electron chi connectivity index (χ1n) is 6.34. The van der Waals surface area contributed by atoms with E-state index in [0.29, 0.717) is 12.8 Å². The molecule has 1 amide bonds. The van der Waals surface area contributed by atoms with E-state index in [2.05, 4.69) is 5.32 Å². The maximum absolute atomic E-state index is 12.1. The van der Waals surface area contributed by atoms with Crippen LogP contribution in [0.5, 0.6) is 0 Å². The molecule has 0 fully saturated rings. The van der Waals surface area contributed by atoms with E-state index in [9.17, 15) is 14.9 Å². The maximum Gasteiger partial charge on any atom is 0.282 e. The molecule has 0 heterocycles. The van der Waals surface area contributed by atoms with Crippen LogP contribution in [-0.4, -0.2) is 22.9 Å². The first-order valence-corrected chi connectivity index (χ1v) is 6.71. The second kappa shape index (κ2) is 8.17. The summed E-state index contributed by atoms with van der Waals surface area (Å²) in [6, 6.07) is 3.87. The fourth-order valence-corrected chi connectivity index (χ4v) is 1.87. The Hall–Kier alpha value is -1.37. The zero-order valence-electron chi connectivity index (χ0n) is 11.9. The Bertz CT molecular complexity index is 519. The number of nitrogens with two attached hydrogens (primary N) is 1. The molecule has 21 heavy (non-hydrogen) atoms. The first-order chi connectivity index (χ1) is 9.33. The van der Waals surface area contributed by atoms with Gasteiger partial charge in [-0.2, -0.15) is 0 Å². The topological polar surface area (TPSA) is 98.3 Å². The Morgan fingerprint density at radius 1 is 1.43 bits per heavy atom. The van der Waals surface area contributed by atoms with Crippen molar-refractivity contribution in [3.63, 3.8) is 0 Å². The molecule has 6 nitrogen and oxygen atoms in total. The molecule has 0 aromatic heterocycles. The van der Waals surface area contributed by atoms with Gasteiger partial charge < -0.3 is 11.1 Å². The molecule has 0 aliphatic heterocycles. The van der Waals surface area contributed by atoms with Crippen LogP contribution < -0.4 is 11.1 Å². The number of halogens is 2. The molecule has 0 bridgehead atoms. The second-order valence-corrected chi connectivity index (χ2v) is 5.11. The van der Waals surface area contributed by atoms with E-state index < -0.39 is 16.4 Å². The van der Waals surface area contributed by atoms with Crippen LogP contribution in [0.25, 0.3) is 0 Å². The standard InChI is InChI=1S/C13H18ClN3O3.ClH/c1-3-13(15,4-2)8-16-12(18)10-7-9(14)5-6-11(10)17(19)20;/h5-7H,3-4,8,15H2,1-2H3,(H,16,18);1H. The lowest BCUT2D eigenvalue weighted by Crippen LogP contribution is -2.49. The Morgan fingerprint density at radius 2 is 2.00 bits per heavy atom. The van der Waals surface area contributed by atoms with E-state index in [0.717, 1.165) is 0 Å². The van der Waals surface area contributed by atoms with Crippen LogP contribution >= 0.6 is 24.0 Å². The monoisotopic (exact) mass is 335 g/mol. The largest absolute Gasteiger partial charge is 0.350 e. The summed E-state index contributed by atoms with van der Waals surface area (Å²) in [4.78, 5) is 22.4. The molecule has 8 heteroatoms. The second-order valence-electron chi connectivity index (χ2n) is 4.67. The first kappa shape index (κ1) is 19.6. The average molecular weight is 336 g/mol. The lowest BCUT2D eigenvalue weighted by atomic mass is 9.94. The van der Waals surface area contributed by atoms with E-state index >= 15 is 0 Å². The third kappa shape index (κ3) is 5.15. The molecular formula is C13H19Cl2N3O3. The zero-order chi connectivity index (χ0) is 15.3. The third-order valence-corrected chi connectivity index (χ3v) is 3.64. The minimum atomic E-state index is -0.611. The van der Waals surface area contributed by atoms with Gasteiger partial charge in [-0.3, -0.25) is 14.9 Å². The lowest BCUT2D eigenvalue weighted by Gasteiger charge is -2.26. The van der Waals surface area contributed by atoms with Gasteiger partial charge in [0.1, 0.15) is 5.56 Å².